The third-order valence-corrected chi connectivity index (χ3v) is 4.07. The Labute approximate surface area is 115 Å². The fraction of sp³-hybridized carbons (Fsp3) is 0.400. The van der Waals surface area contributed by atoms with Crippen molar-refractivity contribution < 1.29 is 13.3 Å². The van der Waals surface area contributed by atoms with Gasteiger partial charge in [-0.3, -0.25) is 10.1 Å². The highest BCUT2D eigenvalue weighted by atomic mass is 32.2. The van der Waals surface area contributed by atoms with Crippen LogP contribution in [0.15, 0.2) is 28.2 Å². The number of rotatable bonds is 7. The van der Waals surface area contributed by atoms with Crippen molar-refractivity contribution in [2.45, 2.75) is 18.2 Å². The van der Waals surface area contributed by atoms with Crippen molar-refractivity contribution >= 4 is 15.7 Å². The lowest BCUT2D eigenvalue weighted by atomic mass is 10.2. The Morgan fingerprint density at radius 1 is 1.50 bits per heavy atom. The first-order valence-corrected chi connectivity index (χ1v) is 7.12. The first-order valence-electron chi connectivity index (χ1n) is 5.64. The van der Waals surface area contributed by atoms with Gasteiger partial charge in [-0.15, -0.1) is 0 Å². The maximum Gasteiger partial charge on any atom is 0.270 e. The van der Waals surface area contributed by atoms with Crippen molar-refractivity contribution in [1.29, 1.82) is 0 Å². The molecule has 0 amide bonds. The third-order valence-electron chi connectivity index (χ3n) is 2.46. The Morgan fingerprint density at radius 2 is 2.20 bits per heavy atom. The third kappa shape index (κ3) is 4.19. The number of azide groups is 1. The second-order valence-electron chi connectivity index (χ2n) is 3.91. The van der Waals surface area contributed by atoms with Gasteiger partial charge in [-0.2, -0.15) is 0 Å². The standard InChI is InChI=1S/C10H13N5O4S/c1-8-3-4-9(15(16)17)7-10(8)20(18,19)13-6-2-5-12-14-11/h3-4,7,13H,2,5-6H2,1H3. The smallest absolute Gasteiger partial charge is 0.258 e. The minimum Gasteiger partial charge on any atom is -0.258 e. The van der Waals surface area contributed by atoms with Gasteiger partial charge in [-0.1, -0.05) is 11.2 Å². The Bertz CT molecular complexity index is 652. The van der Waals surface area contributed by atoms with Crippen molar-refractivity contribution in [2.24, 2.45) is 5.11 Å². The van der Waals surface area contributed by atoms with Crippen molar-refractivity contribution in [3.8, 4) is 0 Å². The molecule has 0 aliphatic heterocycles. The first kappa shape index (κ1) is 15.9. The summed E-state index contributed by atoms with van der Waals surface area (Å²) < 4.78 is 26.4. The van der Waals surface area contributed by atoms with Gasteiger partial charge >= 0.3 is 0 Å². The van der Waals surface area contributed by atoms with Crippen molar-refractivity contribution in [1.82, 2.24) is 4.72 Å². The number of benzene rings is 1. The van der Waals surface area contributed by atoms with Crippen LogP contribution < -0.4 is 4.72 Å². The van der Waals surface area contributed by atoms with Gasteiger partial charge in [0.1, 0.15) is 0 Å². The Balaban J connectivity index is 2.89. The molecule has 1 N–H and O–H groups in total. The zero-order chi connectivity index (χ0) is 15.2. The van der Waals surface area contributed by atoms with E-state index in [-0.39, 0.29) is 23.7 Å². The summed E-state index contributed by atoms with van der Waals surface area (Å²) in [6, 6.07) is 3.65. The van der Waals surface area contributed by atoms with Gasteiger partial charge in [0.2, 0.25) is 10.0 Å². The summed E-state index contributed by atoms with van der Waals surface area (Å²) in [5, 5.41) is 13.9. The van der Waals surface area contributed by atoms with Crippen molar-refractivity contribution in [3.63, 3.8) is 0 Å². The minimum absolute atomic E-state index is 0.0868. The first-order chi connectivity index (χ1) is 9.38. The van der Waals surface area contributed by atoms with E-state index >= 15 is 0 Å². The van der Waals surface area contributed by atoms with Gasteiger partial charge in [0.15, 0.2) is 0 Å². The largest absolute Gasteiger partial charge is 0.270 e. The number of nitrogens with one attached hydrogen (secondary N) is 1. The van der Waals surface area contributed by atoms with Gasteiger partial charge in [0, 0.05) is 30.1 Å². The molecule has 0 heterocycles. The molecule has 0 aliphatic rings. The van der Waals surface area contributed by atoms with E-state index in [4.69, 9.17) is 5.53 Å². The zero-order valence-electron chi connectivity index (χ0n) is 10.7. The second-order valence-corrected chi connectivity index (χ2v) is 5.65. The molecule has 0 saturated heterocycles. The van der Waals surface area contributed by atoms with Crippen LogP contribution >= 0.6 is 0 Å². The number of hydrogen-bond acceptors (Lipinski definition) is 5. The fourth-order valence-corrected chi connectivity index (χ4v) is 2.81. The van der Waals surface area contributed by atoms with E-state index in [0.717, 1.165) is 6.07 Å². The van der Waals surface area contributed by atoms with Gasteiger partial charge in [0.05, 0.1) is 9.82 Å². The van der Waals surface area contributed by atoms with Crippen LogP contribution in [0.2, 0.25) is 0 Å². The van der Waals surface area contributed by atoms with Crippen LogP contribution in [0.1, 0.15) is 12.0 Å². The lowest BCUT2D eigenvalue weighted by Gasteiger charge is -2.08. The quantitative estimate of drug-likeness (QED) is 0.205. The molecule has 108 valence electrons. The van der Waals surface area contributed by atoms with Crippen LogP contribution in [0.3, 0.4) is 0 Å². The summed E-state index contributed by atoms with van der Waals surface area (Å²) in [5.74, 6) is 0. The summed E-state index contributed by atoms with van der Waals surface area (Å²) in [7, 11) is -3.82. The molecule has 0 bridgehead atoms. The molecule has 0 saturated carbocycles. The van der Waals surface area contributed by atoms with Gasteiger partial charge in [-0.05, 0) is 24.4 Å². The van der Waals surface area contributed by atoms with Crippen LogP contribution in [-0.4, -0.2) is 26.4 Å². The highest BCUT2D eigenvalue weighted by Gasteiger charge is 2.19. The number of sulfonamides is 1. The predicted octanol–water partition coefficient (Wildman–Crippen LogP) is 1.88. The molecule has 10 heteroatoms. The van der Waals surface area contributed by atoms with Crippen LogP contribution in [0, 0.1) is 17.0 Å². The highest BCUT2D eigenvalue weighted by molar-refractivity contribution is 7.89. The van der Waals surface area contributed by atoms with E-state index in [1.807, 2.05) is 0 Å². The topological polar surface area (TPSA) is 138 Å². The lowest BCUT2D eigenvalue weighted by Crippen LogP contribution is -2.26. The summed E-state index contributed by atoms with van der Waals surface area (Å²) in [6.45, 7) is 1.81. The lowest BCUT2D eigenvalue weighted by molar-refractivity contribution is -0.385. The summed E-state index contributed by atoms with van der Waals surface area (Å²) in [5.41, 5.74) is 8.21. The highest BCUT2D eigenvalue weighted by Crippen LogP contribution is 2.21. The molecule has 9 nitrogen and oxygen atoms in total. The number of nitro benzene ring substituents is 1. The second kappa shape index (κ2) is 6.85. The summed E-state index contributed by atoms with van der Waals surface area (Å²) in [4.78, 5) is 12.4. The molecule has 20 heavy (non-hydrogen) atoms. The molecule has 0 aromatic heterocycles. The minimum atomic E-state index is -3.82. The summed E-state index contributed by atoms with van der Waals surface area (Å²) >= 11 is 0. The molecule has 1 aromatic carbocycles. The van der Waals surface area contributed by atoms with E-state index in [1.165, 1.54) is 12.1 Å². The normalized spacial score (nSPS) is 10.8. The van der Waals surface area contributed by atoms with Gasteiger partial charge < -0.3 is 0 Å². The average Bonchev–Trinajstić information content (AvgIpc) is 2.38. The monoisotopic (exact) mass is 299 g/mol. The fourth-order valence-electron chi connectivity index (χ4n) is 1.47. The maximum atomic E-state index is 12.0. The number of hydrogen-bond donors (Lipinski definition) is 1. The van der Waals surface area contributed by atoms with Crippen molar-refractivity contribution in [3.05, 3.63) is 44.3 Å². The molecular formula is C10H13N5O4S. The van der Waals surface area contributed by atoms with E-state index < -0.39 is 14.9 Å². The van der Waals surface area contributed by atoms with Gasteiger partial charge in [0.25, 0.3) is 5.69 Å². The molecule has 0 unspecified atom stereocenters. The Hall–Kier alpha value is -2.16. The molecular weight excluding hydrogens is 286 g/mol. The Morgan fingerprint density at radius 3 is 2.80 bits per heavy atom. The van der Waals surface area contributed by atoms with Crippen LogP contribution in [0.4, 0.5) is 5.69 Å². The van der Waals surface area contributed by atoms with Crippen LogP contribution in [-0.2, 0) is 10.0 Å². The number of nitro groups is 1. The molecule has 1 rings (SSSR count). The number of nitrogens with zero attached hydrogens (tertiary/aromatic N) is 4. The Kier molecular flexibility index (Phi) is 5.44. The van der Waals surface area contributed by atoms with E-state index in [0.29, 0.717) is 12.0 Å². The maximum absolute atomic E-state index is 12.0. The summed E-state index contributed by atoms with van der Waals surface area (Å²) in [6.07, 6.45) is 0.345. The average molecular weight is 299 g/mol. The molecule has 0 aliphatic carbocycles. The molecule has 0 spiro atoms. The molecule has 0 radical (unpaired) electrons. The molecule has 0 fully saturated rings. The van der Waals surface area contributed by atoms with Gasteiger partial charge in [-0.25, -0.2) is 13.1 Å². The number of non-ortho nitro benzene ring substituents is 1. The predicted molar refractivity (Wildman–Crippen MR) is 71.7 cm³/mol. The number of aryl methyl sites for hydroxylation is 1. The molecule has 1 aromatic rings. The van der Waals surface area contributed by atoms with E-state index in [1.54, 1.807) is 6.92 Å². The zero-order valence-corrected chi connectivity index (χ0v) is 11.5. The molecule has 0 atom stereocenters. The SMILES string of the molecule is Cc1ccc([N+](=O)[O-])cc1S(=O)(=O)NCCCN=[N+]=[N-]. The van der Waals surface area contributed by atoms with E-state index in [2.05, 4.69) is 14.7 Å². The van der Waals surface area contributed by atoms with Crippen LogP contribution in [0.5, 0.6) is 0 Å². The van der Waals surface area contributed by atoms with Crippen molar-refractivity contribution in [2.75, 3.05) is 13.1 Å². The van der Waals surface area contributed by atoms with Crippen LogP contribution in [0.25, 0.3) is 10.4 Å². The van der Waals surface area contributed by atoms with E-state index in [9.17, 15) is 18.5 Å².